The molecule has 6 nitrogen and oxygen atoms in total. The first-order valence-electron chi connectivity index (χ1n) is 5.79. The average Bonchev–Trinajstić information content (AvgIpc) is 2.83. The van der Waals surface area contributed by atoms with Gasteiger partial charge in [0.25, 0.3) is 5.91 Å². The van der Waals surface area contributed by atoms with Crippen molar-refractivity contribution in [1.82, 2.24) is 10.1 Å². The first kappa shape index (κ1) is 13.2. The Labute approximate surface area is 110 Å². The summed E-state index contributed by atoms with van der Waals surface area (Å²) in [5.41, 5.74) is 3.25. The van der Waals surface area contributed by atoms with Crippen LogP contribution in [0.1, 0.15) is 27.3 Å². The van der Waals surface area contributed by atoms with E-state index in [2.05, 4.69) is 15.5 Å². The normalized spacial score (nSPS) is 10.5. The van der Waals surface area contributed by atoms with Crippen molar-refractivity contribution in [2.45, 2.75) is 20.5 Å². The number of methoxy groups -OCH3 is 1. The second-order valence-corrected chi connectivity index (χ2v) is 4.15. The molecule has 0 aromatic carbocycles. The molecule has 0 saturated heterocycles. The summed E-state index contributed by atoms with van der Waals surface area (Å²) in [5, 5.41) is 6.56. The Morgan fingerprint density at radius 2 is 2.26 bits per heavy atom. The van der Waals surface area contributed by atoms with Crippen molar-refractivity contribution in [2.24, 2.45) is 0 Å². The van der Waals surface area contributed by atoms with Crippen LogP contribution in [0.15, 0.2) is 23.0 Å². The van der Waals surface area contributed by atoms with Crippen LogP contribution in [0.4, 0.5) is 5.69 Å². The van der Waals surface area contributed by atoms with Crippen LogP contribution in [-0.4, -0.2) is 23.2 Å². The zero-order valence-electron chi connectivity index (χ0n) is 11.1. The fourth-order valence-corrected chi connectivity index (χ4v) is 1.75. The van der Waals surface area contributed by atoms with Gasteiger partial charge < -0.3 is 14.6 Å². The highest BCUT2D eigenvalue weighted by Crippen LogP contribution is 2.19. The summed E-state index contributed by atoms with van der Waals surface area (Å²) in [4.78, 5) is 16.3. The van der Waals surface area contributed by atoms with E-state index in [0.717, 1.165) is 11.3 Å². The maximum absolute atomic E-state index is 12.2. The minimum Gasteiger partial charge on any atom is -0.378 e. The molecule has 2 aromatic rings. The third-order valence-electron chi connectivity index (χ3n) is 2.76. The van der Waals surface area contributed by atoms with Crippen LogP contribution >= 0.6 is 0 Å². The monoisotopic (exact) mass is 261 g/mol. The lowest BCUT2D eigenvalue weighted by atomic mass is 10.2. The van der Waals surface area contributed by atoms with Gasteiger partial charge in [0.05, 0.1) is 18.0 Å². The van der Waals surface area contributed by atoms with Crippen LogP contribution in [-0.2, 0) is 11.3 Å². The van der Waals surface area contributed by atoms with Gasteiger partial charge in [-0.05, 0) is 25.5 Å². The number of aryl methyl sites for hydroxylation is 2. The number of nitrogens with one attached hydrogen (secondary N) is 1. The van der Waals surface area contributed by atoms with Gasteiger partial charge in [-0.2, -0.15) is 0 Å². The molecule has 2 rings (SSSR count). The lowest BCUT2D eigenvalue weighted by Gasteiger charge is -2.10. The highest BCUT2D eigenvalue weighted by atomic mass is 16.5. The number of rotatable bonds is 4. The maximum atomic E-state index is 12.2. The molecule has 1 amide bonds. The quantitative estimate of drug-likeness (QED) is 0.911. The van der Waals surface area contributed by atoms with Gasteiger partial charge >= 0.3 is 0 Å². The molecule has 0 unspecified atom stereocenters. The van der Waals surface area contributed by atoms with Crippen LogP contribution in [0.25, 0.3) is 0 Å². The molecule has 0 aliphatic rings. The molecule has 0 aliphatic heterocycles. The van der Waals surface area contributed by atoms with Gasteiger partial charge in [-0.3, -0.25) is 9.78 Å². The van der Waals surface area contributed by atoms with Crippen molar-refractivity contribution in [1.29, 1.82) is 0 Å². The maximum Gasteiger partial charge on any atom is 0.261 e. The predicted octanol–water partition coefficient (Wildman–Crippen LogP) is 2.09. The zero-order chi connectivity index (χ0) is 13.8. The van der Waals surface area contributed by atoms with Crippen molar-refractivity contribution in [3.63, 3.8) is 0 Å². The van der Waals surface area contributed by atoms with Gasteiger partial charge in [-0.25, -0.2) is 0 Å². The predicted molar refractivity (Wildman–Crippen MR) is 68.9 cm³/mol. The standard InChI is InChI=1S/C13H15N3O3/c1-8-4-5-14-9(2)12(8)15-13(17)10-6-19-16-11(10)7-18-3/h4-6H,7H2,1-3H3,(H,15,17). The molecule has 6 heteroatoms. The fraction of sp³-hybridized carbons (Fsp3) is 0.308. The van der Waals surface area contributed by atoms with Gasteiger partial charge in [-0.1, -0.05) is 5.16 Å². The summed E-state index contributed by atoms with van der Waals surface area (Å²) < 4.78 is 9.77. The van der Waals surface area contributed by atoms with E-state index >= 15 is 0 Å². The van der Waals surface area contributed by atoms with Crippen LogP contribution in [0.3, 0.4) is 0 Å². The van der Waals surface area contributed by atoms with Crippen molar-refractivity contribution in [3.05, 3.63) is 41.0 Å². The van der Waals surface area contributed by atoms with Gasteiger partial charge in [0.1, 0.15) is 17.5 Å². The molecule has 1 N–H and O–H groups in total. The van der Waals surface area contributed by atoms with Gasteiger partial charge in [-0.15, -0.1) is 0 Å². The van der Waals surface area contributed by atoms with E-state index < -0.39 is 0 Å². The molecule has 0 radical (unpaired) electrons. The summed E-state index contributed by atoms with van der Waals surface area (Å²) in [6.45, 7) is 3.98. The topological polar surface area (TPSA) is 77.2 Å². The van der Waals surface area contributed by atoms with E-state index in [1.165, 1.54) is 13.4 Å². The van der Waals surface area contributed by atoms with E-state index in [1.807, 2.05) is 19.9 Å². The molecule has 100 valence electrons. The Kier molecular flexibility index (Phi) is 3.91. The SMILES string of the molecule is COCc1nocc1C(=O)Nc1c(C)ccnc1C. The number of hydrogen-bond acceptors (Lipinski definition) is 5. The lowest BCUT2D eigenvalue weighted by molar-refractivity contribution is 0.102. The van der Waals surface area contributed by atoms with E-state index in [4.69, 9.17) is 9.26 Å². The lowest BCUT2D eigenvalue weighted by Crippen LogP contribution is -2.15. The van der Waals surface area contributed by atoms with Crippen LogP contribution in [0, 0.1) is 13.8 Å². The number of ether oxygens (including phenoxy) is 1. The van der Waals surface area contributed by atoms with Crippen molar-refractivity contribution < 1.29 is 14.1 Å². The van der Waals surface area contributed by atoms with E-state index in [0.29, 0.717) is 16.9 Å². The highest BCUT2D eigenvalue weighted by molar-refractivity contribution is 6.05. The number of hydrogen-bond donors (Lipinski definition) is 1. The van der Waals surface area contributed by atoms with Crippen molar-refractivity contribution >= 4 is 11.6 Å². The Morgan fingerprint density at radius 3 is 2.95 bits per heavy atom. The first-order chi connectivity index (χ1) is 9.13. The number of amides is 1. The number of aromatic nitrogens is 2. The summed E-state index contributed by atoms with van der Waals surface area (Å²) in [7, 11) is 1.53. The second kappa shape index (κ2) is 5.62. The molecule has 2 aromatic heterocycles. The molecular formula is C13H15N3O3. The molecule has 2 heterocycles. The fourth-order valence-electron chi connectivity index (χ4n) is 1.75. The summed E-state index contributed by atoms with van der Waals surface area (Å²) in [5.74, 6) is -0.285. The molecule has 0 saturated carbocycles. The Bertz CT molecular complexity index is 572. The van der Waals surface area contributed by atoms with Gasteiger partial charge in [0.15, 0.2) is 0 Å². The highest BCUT2D eigenvalue weighted by Gasteiger charge is 2.17. The first-order valence-corrected chi connectivity index (χ1v) is 5.79. The number of carbonyl (C=O) groups excluding carboxylic acids is 1. The molecule has 0 aliphatic carbocycles. The van der Waals surface area contributed by atoms with E-state index in [1.54, 1.807) is 6.20 Å². The smallest absolute Gasteiger partial charge is 0.261 e. The molecule has 0 spiro atoms. The minimum atomic E-state index is -0.285. The number of carbonyl (C=O) groups is 1. The summed E-state index contributed by atoms with van der Waals surface area (Å²) in [6.07, 6.45) is 3.01. The van der Waals surface area contributed by atoms with Crippen molar-refractivity contribution in [3.8, 4) is 0 Å². The van der Waals surface area contributed by atoms with E-state index in [-0.39, 0.29) is 12.5 Å². The number of anilines is 1. The third-order valence-corrected chi connectivity index (χ3v) is 2.76. The Morgan fingerprint density at radius 1 is 1.47 bits per heavy atom. The Balaban J connectivity index is 2.24. The summed E-state index contributed by atoms with van der Waals surface area (Å²) >= 11 is 0. The minimum absolute atomic E-state index is 0.226. The number of pyridine rings is 1. The van der Waals surface area contributed by atoms with Crippen LogP contribution < -0.4 is 5.32 Å². The van der Waals surface area contributed by atoms with Crippen LogP contribution in [0.5, 0.6) is 0 Å². The van der Waals surface area contributed by atoms with Crippen molar-refractivity contribution in [2.75, 3.05) is 12.4 Å². The van der Waals surface area contributed by atoms with Crippen LogP contribution in [0.2, 0.25) is 0 Å². The summed E-state index contributed by atoms with van der Waals surface area (Å²) in [6, 6.07) is 1.84. The van der Waals surface area contributed by atoms with Gasteiger partial charge in [0, 0.05) is 13.3 Å². The van der Waals surface area contributed by atoms with Gasteiger partial charge in [0.2, 0.25) is 0 Å². The average molecular weight is 261 g/mol. The largest absolute Gasteiger partial charge is 0.378 e. The number of nitrogens with zero attached hydrogens (tertiary/aromatic N) is 2. The third kappa shape index (κ3) is 2.79. The molecule has 0 bridgehead atoms. The molecule has 0 fully saturated rings. The second-order valence-electron chi connectivity index (χ2n) is 4.15. The zero-order valence-corrected chi connectivity index (χ0v) is 11.1. The molecule has 0 atom stereocenters. The molecular weight excluding hydrogens is 246 g/mol. The Hall–Kier alpha value is -2.21. The van der Waals surface area contributed by atoms with E-state index in [9.17, 15) is 4.79 Å². The molecule has 19 heavy (non-hydrogen) atoms.